The number of aliphatic carboxylic acids is 1. The van der Waals surface area contributed by atoms with Gasteiger partial charge in [-0.05, 0) is 19.0 Å². The van der Waals surface area contributed by atoms with E-state index in [1.165, 1.54) is 12.2 Å². The van der Waals surface area contributed by atoms with Crippen molar-refractivity contribution >= 4 is 5.97 Å². The molecule has 0 radical (unpaired) electrons. The maximum atomic E-state index is 10.5. The third-order valence-electron chi connectivity index (χ3n) is 1.29. The van der Waals surface area contributed by atoms with Crippen LogP contribution in [0.2, 0.25) is 0 Å². The molecule has 0 aromatic carbocycles. The third-order valence-corrected chi connectivity index (χ3v) is 1.29. The van der Waals surface area contributed by atoms with E-state index in [2.05, 4.69) is 13.2 Å². The van der Waals surface area contributed by atoms with Gasteiger partial charge in [-0.2, -0.15) is 0 Å². The van der Waals surface area contributed by atoms with Gasteiger partial charge in [0.15, 0.2) is 0 Å². The Kier molecular flexibility index (Phi) is 4.72. The first kappa shape index (κ1) is 10.7. The number of rotatable bonds is 5. The summed E-state index contributed by atoms with van der Waals surface area (Å²) >= 11 is 0. The van der Waals surface area contributed by atoms with Crippen molar-refractivity contribution in [2.75, 3.05) is 6.54 Å². The molecule has 0 amide bonds. The number of carboxylic acids is 1. The highest BCUT2D eigenvalue weighted by molar-refractivity contribution is 5.90. The van der Waals surface area contributed by atoms with E-state index in [9.17, 15) is 4.79 Å². The third kappa shape index (κ3) is 3.73. The standard InChI is InChI=1S/C9H13NO2/c1-3-8(9(11)12)6-7(2)4-5-10/h3,6H,1-2,4-5,10H2,(H,11,12)/b8-6+. The molecule has 0 aromatic rings. The van der Waals surface area contributed by atoms with E-state index in [1.807, 2.05) is 0 Å². The van der Waals surface area contributed by atoms with Crippen LogP contribution in [0.25, 0.3) is 0 Å². The van der Waals surface area contributed by atoms with Gasteiger partial charge in [0.25, 0.3) is 0 Å². The van der Waals surface area contributed by atoms with Crippen LogP contribution in [-0.4, -0.2) is 17.6 Å². The zero-order valence-corrected chi connectivity index (χ0v) is 6.92. The molecule has 3 heteroatoms. The molecule has 0 heterocycles. The second-order valence-corrected chi connectivity index (χ2v) is 2.31. The topological polar surface area (TPSA) is 63.3 Å². The highest BCUT2D eigenvalue weighted by atomic mass is 16.4. The van der Waals surface area contributed by atoms with Crippen LogP contribution in [0, 0.1) is 0 Å². The summed E-state index contributed by atoms with van der Waals surface area (Å²) in [5.74, 6) is -0.997. The van der Waals surface area contributed by atoms with Crippen LogP contribution in [-0.2, 0) is 4.79 Å². The van der Waals surface area contributed by atoms with Gasteiger partial charge < -0.3 is 10.8 Å². The summed E-state index contributed by atoms with van der Waals surface area (Å²) in [6.45, 7) is 7.49. The number of hydrogen-bond acceptors (Lipinski definition) is 2. The van der Waals surface area contributed by atoms with E-state index in [0.29, 0.717) is 18.5 Å². The average Bonchev–Trinajstić information content (AvgIpc) is 2.00. The second kappa shape index (κ2) is 5.32. The number of hydrogen-bond donors (Lipinski definition) is 2. The molecule has 0 aliphatic rings. The summed E-state index contributed by atoms with van der Waals surface area (Å²) in [6, 6.07) is 0. The van der Waals surface area contributed by atoms with Crippen molar-refractivity contribution in [3.63, 3.8) is 0 Å². The van der Waals surface area contributed by atoms with Crippen molar-refractivity contribution in [2.24, 2.45) is 5.73 Å². The summed E-state index contributed by atoms with van der Waals surface area (Å²) in [5, 5.41) is 8.58. The molecule has 0 bridgehead atoms. The van der Waals surface area contributed by atoms with E-state index < -0.39 is 5.97 Å². The molecular formula is C9H13NO2. The molecule has 0 spiro atoms. The molecule has 0 aliphatic heterocycles. The fourth-order valence-corrected chi connectivity index (χ4v) is 0.685. The van der Waals surface area contributed by atoms with Gasteiger partial charge in [-0.3, -0.25) is 0 Å². The minimum absolute atomic E-state index is 0.147. The second-order valence-electron chi connectivity index (χ2n) is 2.31. The molecule has 0 atom stereocenters. The minimum Gasteiger partial charge on any atom is -0.478 e. The molecule has 12 heavy (non-hydrogen) atoms. The van der Waals surface area contributed by atoms with Gasteiger partial charge in [0.2, 0.25) is 0 Å². The molecule has 3 nitrogen and oxygen atoms in total. The smallest absolute Gasteiger partial charge is 0.335 e. The monoisotopic (exact) mass is 167 g/mol. The Hall–Kier alpha value is -1.35. The lowest BCUT2D eigenvalue weighted by atomic mass is 10.1. The van der Waals surface area contributed by atoms with Crippen LogP contribution in [0.5, 0.6) is 0 Å². The first-order valence-electron chi connectivity index (χ1n) is 3.57. The molecule has 0 aromatic heterocycles. The van der Waals surface area contributed by atoms with Gasteiger partial charge in [-0.15, -0.1) is 0 Å². The van der Waals surface area contributed by atoms with Crippen molar-refractivity contribution in [1.82, 2.24) is 0 Å². The lowest BCUT2D eigenvalue weighted by molar-refractivity contribution is -0.132. The molecule has 0 fully saturated rings. The number of carbonyl (C=O) groups is 1. The first-order chi connectivity index (χ1) is 5.61. The largest absolute Gasteiger partial charge is 0.478 e. The SMILES string of the molecule is C=C/C(=C\C(=C)CCN)C(=O)O. The summed E-state index contributed by atoms with van der Waals surface area (Å²) in [7, 11) is 0. The van der Waals surface area contributed by atoms with Crippen molar-refractivity contribution in [1.29, 1.82) is 0 Å². The van der Waals surface area contributed by atoms with Crippen molar-refractivity contribution in [3.8, 4) is 0 Å². The predicted octanol–water partition coefficient (Wildman–Crippen LogP) is 1.09. The van der Waals surface area contributed by atoms with E-state index >= 15 is 0 Å². The van der Waals surface area contributed by atoms with Gasteiger partial charge in [-0.1, -0.05) is 24.8 Å². The van der Waals surface area contributed by atoms with Crippen LogP contribution in [0.15, 0.2) is 36.5 Å². The van der Waals surface area contributed by atoms with Gasteiger partial charge >= 0.3 is 5.97 Å². The summed E-state index contributed by atoms with van der Waals surface area (Å²) in [5.41, 5.74) is 6.11. The highest BCUT2D eigenvalue weighted by Gasteiger charge is 2.01. The molecular weight excluding hydrogens is 154 g/mol. The first-order valence-corrected chi connectivity index (χ1v) is 3.57. The van der Waals surface area contributed by atoms with E-state index in [0.717, 1.165) is 0 Å². The molecule has 0 saturated carbocycles. The molecule has 0 saturated heterocycles. The molecule has 0 aliphatic carbocycles. The maximum Gasteiger partial charge on any atom is 0.335 e. The van der Waals surface area contributed by atoms with Gasteiger partial charge in [0, 0.05) is 0 Å². The minimum atomic E-state index is -0.997. The summed E-state index contributed by atoms with van der Waals surface area (Å²) < 4.78 is 0. The highest BCUT2D eigenvalue weighted by Crippen LogP contribution is 2.04. The molecule has 0 rings (SSSR count). The van der Waals surface area contributed by atoms with Crippen LogP contribution in [0.4, 0.5) is 0 Å². The Bertz CT molecular complexity index is 229. The van der Waals surface area contributed by atoms with Crippen molar-refractivity contribution < 1.29 is 9.90 Å². The Morgan fingerprint density at radius 3 is 2.50 bits per heavy atom. The van der Waals surface area contributed by atoms with Gasteiger partial charge in [-0.25, -0.2) is 4.79 Å². The lowest BCUT2D eigenvalue weighted by Gasteiger charge is -1.97. The number of carboxylic acid groups (broad SMARTS) is 1. The van der Waals surface area contributed by atoms with Crippen LogP contribution >= 0.6 is 0 Å². The predicted molar refractivity (Wildman–Crippen MR) is 48.7 cm³/mol. The van der Waals surface area contributed by atoms with Gasteiger partial charge in [0.05, 0.1) is 5.57 Å². The average molecular weight is 167 g/mol. The van der Waals surface area contributed by atoms with Crippen LogP contribution < -0.4 is 5.73 Å². The Morgan fingerprint density at radius 2 is 2.17 bits per heavy atom. The van der Waals surface area contributed by atoms with E-state index in [1.54, 1.807) is 0 Å². The summed E-state index contributed by atoms with van der Waals surface area (Å²) in [6.07, 6.45) is 3.36. The fraction of sp³-hybridized carbons (Fsp3) is 0.222. The lowest BCUT2D eigenvalue weighted by Crippen LogP contribution is -2.01. The Morgan fingerprint density at radius 1 is 1.58 bits per heavy atom. The Labute approximate surface area is 71.9 Å². The van der Waals surface area contributed by atoms with Crippen molar-refractivity contribution in [2.45, 2.75) is 6.42 Å². The number of allylic oxidation sites excluding steroid dienone is 1. The molecule has 66 valence electrons. The van der Waals surface area contributed by atoms with Crippen LogP contribution in [0.3, 0.4) is 0 Å². The molecule has 0 unspecified atom stereocenters. The van der Waals surface area contributed by atoms with E-state index in [-0.39, 0.29) is 5.57 Å². The zero-order valence-electron chi connectivity index (χ0n) is 6.92. The van der Waals surface area contributed by atoms with Gasteiger partial charge in [0.1, 0.15) is 0 Å². The quantitative estimate of drug-likeness (QED) is 0.476. The van der Waals surface area contributed by atoms with Crippen LogP contribution in [0.1, 0.15) is 6.42 Å². The van der Waals surface area contributed by atoms with Crippen molar-refractivity contribution in [3.05, 3.63) is 36.5 Å². The summed E-state index contributed by atoms with van der Waals surface area (Å²) in [4.78, 5) is 10.5. The number of nitrogens with two attached hydrogens (primary N) is 1. The molecule has 3 N–H and O–H groups in total. The zero-order chi connectivity index (χ0) is 9.56. The normalized spacial score (nSPS) is 10.9. The Balaban J connectivity index is 4.38. The maximum absolute atomic E-state index is 10.5. The van der Waals surface area contributed by atoms with E-state index in [4.69, 9.17) is 10.8 Å². The fourth-order valence-electron chi connectivity index (χ4n) is 0.685.